The molecule has 0 radical (unpaired) electrons. The molecule has 1 amide bonds. The van der Waals surface area contributed by atoms with E-state index in [-0.39, 0.29) is 23.8 Å². The molecule has 26 heavy (non-hydrogen) atoms. The van der Waals surface area contributed by atoms with Crippen LogP contribution >= 0.6 is 0 Å². The largest absolute Gasteiger partial charge is 0.432 e. The van der Waals surface area contributed by atoms with Gasteiger partial charge >= 0.3 is 11.9 Å². The fraction of sp³-hybridized carbons (Fsp3) is 0.600. The summed E-state index contributed by atoms with van der Waals surface area (Å²) in [6.45, 7) is 3.00. The van der Waals surface area contributed by atoms with Crippen LogP contribution in [0.4, 0.5) is 13.2 Å². The van der Waals surface area contributed by atoms with Crippen LogP contribution in [0, 0.1) is 0 Å². The first kappa shape index (κ1) is 18.2. The van der Waals surface area contributed by atoms with Gasteiger partial charge in [-0.3, -0.25) is 14.5 Å². The number of rotatable bonds is 3. The smallest absolute Gasteiger partial charge is 0.337 e. The number of aryl methyl sites for hydroxylation is 1. The predicted octanol–water partition coefficient (Wildman–Crippen LogP) is 1.36. The quantitative estimate of drug-likeness (QED) is 0.881. The molecule has 0 aromatic carbocycles. The molecule has 1 atom stereocenters. The van der Waals surface area contributed by atoms with Gasteiger partial charge in [-0.15, -0.1) is 0 Å². The molecule has 0 bridgehead atoms. The van der Waals surface area contributed by atoms with Crippen LogP contribution in [-0.4, -0.2) is 48.4 Å². The molecular weight excluding hydrogens is 353 g/mol. The second-order valence-corrected chi connectivity index (χ2v) is 6.26. The number of nitrogens with one attached hydrogen (secondary N) is 1. The number of carbonyl (C=O) groups excluding carboxylic acids is 1. The van der Waals surface area contributed by atoms with Crippen LogP contribution in [0.25, 0.3) is 0 Å². The van der Waals surface area contributed by atoms with Gasteiger partial charge in [0.25, 0.3) is 5.91 Å². The van der Waals surface area contributed by atoms with Gasteiger partial charge in [-0.1, -0.05) is 0 Å². The Balaban J connectivity index is 1.80. The topological polar surface area (TPSA) is 88.8 Å². The summed E-state index contributed by atoms with van der Waals surface area (Å²) >= 11 is 0. The van der Waals surface area contributed by atoms with Crippen LogP contribution in [0.5, 0.6) is 0 Å². The molecule has 142 valence electrons. The second-order valence-electron chi connectivity index (χ2n) is 6.26. The zero-order valence-corrected chi connectivity index (χ0v) is 14.4. The molecule has 1 aliphatic heterocycles. The van der Waals surface area contributed by atoms with Gasteiger partial charge in [0.15, 0.2) is 5.69 Å². The highest BCUT2D eigenvalue weighted by Gasteiger charge is 2.35. The number of hydrogen-bond donors (Lipinski definition) is 1. The van der Waals surface area contributed by atoms with Crippen LogP contribution in [-0.2, 0) is 19.8 Å². The number of nitrogens with zero attached hydrogens (tertiary/aromatic N) is 5. The van der Waals surface area contributed by atoms with Crippen molar-refractivity contribution in [3.8, 4) is 0 Å². The van der Waals surface area contributed by atoms with Crippen molar-refractivity contribution in [2.24, 2.45) is 7.05 Å². The van der Waals surface area contributed by atoms with Gasteiger partial charge in [0.1, 0.15) is 11.5 Å². The Kier molecular flexibility index (Phi) is 4.63. The fourth-order valence-corrected chi connectivity index (χ4v) is 3.23. The first-order chi connectivity index (χ1) is 12.2. The van der Waals surface area contributed by atoms with Crippen molar-refractivity contribution < 1.29 is 18.0 Å². The molecule has 0 spiro atoms. The van der Waals surface area contributed by atoms with E-state index < -0.39 is 17.8 Å². The van der Waals surface area contributed by atoms with Crippen molar-refractivity contribution >= 4 is 5.91 Å². The first-order valence-electron chi connectivity index (χ1n) is 8.28. The molecule has 11 heteroatoms. The Hall–Kier alpha value is -2.59. The van der Waals surface area contributed by atoms with Crippen molar-refractivity contribution in [3.63, 3.8) is 0 Å². The summed E-state index contributed by atoms with van der Waals surface area (Å²) in [6.07, 6.45) is -3.17. The zero-order chi connectivity index (χ0) is 19.1. The molecule has 1 fully saturated rings. The Morgan fingerprint density at radius 3 is 2.77 bits per heavy atom. The van der Waals surface area contributed by atoms with Crippen LogP contribution in [0.15, 0.2) is 10.9 Å². The van der Waals surface area contributed by atoms with Crippen LogP contribution in [0.3, 0.4) is 0 Å². The SMILES string of the molecule is CCn1c([C@@H]2CCCN(C(=O)c3cc(C(F)(F)F)[nH]n3)C2)nn(C)c1=O. The van der Waals surface area contributed by atoms with Crippen LogP contribution in [0.2, 0.25) is 0 Å². The fourth-order valence-electron chi connectivity index (χ4n) is 3.23. The van der Waals surface area contributed by atoms with Gasteiger partial charge in [-0.2, -0.15) is 23.4 Å². The maximum absolute atomic E-state index is 12.7. The number of alkyl halides is 3. The number of H-pyrrole nitrogens is 1. The summed E-state index contributed by atoms with van der Waals surface area (Å²) in [5.74, 6) is -0.124. The summed E-state index contributed by atoms with van der Waals surface area (Å²) < 4.78 is 40.8. The van der Waals surface area contributed by atoms with E-state index in [2.05, 4.69) is 10.2 Å². The third kappa shape index (κ3) is 3.25. The minimum Gasteiger partial charge on any atom is -0.337 e. The van der Waals surface area contributed by atoms with E-state index in [1.54, 1.807) is 11.6 Å². The minimum atomic E-state index is -4.58. The third-order valence-corrected chi connectivity index (χ3v) is 4.53. The normalized spacial score (nSPS) is 18.3. The number of carbonyl (C=O) groups is 1. The highest BCUT2D eigenvalue weighted by atomic mass is 19.4. The average Bonchev–Trinajstić information content (AvgIpc) is 3.20. The van der Waals surface area contributed by atoms with E-state index in [1.807, 2.05) is 12.0 Å². The van der Waals surface area contributed by atoms with E-state index in [1.165, 1.54) is 9.58 Å². The van der Waals surface area contributed by atoms with E-state index >= 15 is 0 Å². The molecule has 1 N–H and O–H groups in total. The number of piperidine rings is 1. The molecule has 0 saturated carbocycles. The van der Waals surface area contributed by atoms with Crippen molar-refractivity contribution in [1.82, 2.24) is 29.4 Å². The Morgan fingerprint density at radius 2 is 2.15 bits per heavy atom. The van der Waals surface area contributed by atoms with Crippen molar-refractivity contribution in [3.05, 3.63) is 33.8 Å². The van der Waals surface area contributed by atoms with E-state index in [0.717, 1.165) is 6.42 Å². The number of likely N-dealkylation sites (tertiary alicyclic amines) is 1. The summed E-state index contributed by atoms with van der Waals surface area (Å²) in [5, 5.41) is 9.62. The monoisotopic (exact) mass is 372 g/mol. The Labute approximate surface area is 146 Å². The van der Waals surface area contributed by atoms with Gasteiger partial charge in [-0.05, 0) is 19.8 Å². The van der Waals surface area contributed by atoms with Gasteiger partial charge in [0, 0.05) is 38.7 Å². The van der Waals surface area contributed by atoms with Gasteiger partial charge in [0.2, 0.25) is 0 Å². The van der Waals surface area contributed by atoms with Gasteiger partial charge < -0.3 is 4.90 Å². The van der Waals surface area contributed by atoms with E-state index in [0.29, 0.717) is 31.4 Å². The maximum atomic E-state index is 12.7. The summed E-state index contributed by atoms with van der Waals surface area (Å²) in [6, 6.07) is 0.717. The maximum Gasteiger partial charge on any atom is 0.432 e. The molecule has 1 aliphatic rings. The number of halogens is 3. The minimum absolute atomic E-state index is 0.150. The predicted molar refractivity (Wildman–Crippen MR) is 84.6 cm³/mol. The van der Waals surface area contributed by atoms with Crippen molar-refractivity contribution in [2.45, 2.75) is 38.4 Å². The lowest BCUT2D eigenvalue weighted by Crippen LogP contribution is -2.40. The summed E-state index contributed by atoms with van der Waals surface area (Å²) in [5.41, 5.74) is -1.56. The Morgan fingerprint density at radius 1 is 1.42 bits per heavy atom. The van der Waals surface area contributed by atoms with Crippen LogP contribution < -0.4 is 5.69 Å². The molecule has 1 saturated heterocycles. The average molecular weight is 372 g/mol. The van der Waals surface area contributed by atoms with E-state index in [9.17, 15) is 22.8 Å². The highest BCUT2D eigenvalue weighted by molar-refractivity contribution is 5.92. The second kappa shape index (κ2) is 6.61. The number of aromatic nitrogens is 5. The number of hydrogen-bond acceptors (Lipinski definition) is 4. The molecule has 8 nitrogen and oxygen atoms in total. The lowest BCUT2D eigenvalue weighted by Gasteiger charge is -2.31. The molecule has 2 aromatic heterocycles. The molecule has 3 heterocycles. The first-order valence-corrected chi connectivity index (χ1v) is 8.28. The van der Waals surface area contributed by atoms with Gasteiger partial charge in [-0.25, -0.2) is 9.48 Å². The van der Waals surface area contributed by atoms with Gasteiger partial charge in [0.05, 0.1) is 0 Å². The molecule has 0 unspecified atom stereocenters. The zero-order valence-electron chi connectivity index (χ0n) is 14.4. The highest BCUT2D eigenvalue weighted by Crippen LogP contribution is 2.29. The van der Waals surface area contributed by atoms with E-state index in [4.69, 9.17) is 0 Å². The molecular formula is C15H19F3N6O2. The van der Waals surface area contributed by atoms with Crippen LogP contribution in [0.1, 0.15) is 47.7 Å². The van der Waals surface area contributed by atoms with Crippen molar-refractivity contribution in [2.75, 3.05) is 13.1 Å². The molecule has 2 aromatic rings. The third-order valence-electron chi connectivity index (χ3n) is 4.53. The molecule has 0 aliphatic carbocycles. The number of aromatic amines is 1. The Bertz CT molecular complexity index is 866. The summed E-state index contributed by atoms with van der Waals surface area (Å²) in [4.78, 5) is 26.0. The van der Waals surface area contributed by atoms with Crippen molar-refractivity contribution in [1.29, 1.82) is 0 Å². The lowest BCUT2D eigenvalue weighted by atomic mass is 9.97. The standard InChI is InChI=1S/C15H19F3N6O2/c1-3-24-12(21-22(2)14(24)26)9-5-4-6-23(8-9)13(25)10-7-11(20-19-10)15(16,17)18/h7,9H,3-6,8H2,1-2H3,(H,19,20)/t9-/m1/s1. The number of amides is 1. The lowest BCUT2D eigenvalue weighted by molar-refractivity contribution is -0.141. The summed E-state index contributed by atoms with van der Waals surface area (Å²) in [7, 11) is 1.56. The molecule has 3 rings (SSSR count).